The van der Waals surface area contributed by atoms with E-state index < -0.39 is 0 Å². The molecule has 1 fully saturated rings. The number of hydrogen-bond acceptors (Lipinski definition) is 4. The van der Waals surface area contributed by atoms with Crippen molar-refractivity contribution in [1.82, 2.24) is 19.6 Å². The Kier molecular flexibility index (Phi) is 4.28. The monoisotopic (exact) mass is 338 g/mol. The molecule has 3 aromatic rings. The number of aryl methyl sites for hydroxylation is 1. The number of hydrogen-bond donors (Lipinski definition) is 1. The number of pyridine rings is 1. The minimum Gasteiger partial charge on any atom is -0.468 e. The largest absolute Gasteiger partial charge is 0.468 e. The number of nitrogens with zero attached hydrogens (tertiary/aromatic N) is 3. The lowest BCUT2D eigenvalue weighted by Crippen LogP contribution is -2.31. The van der Waals surface area contributed by atoms with E-state index in [0.717, 1.165) is 43.2 Å². The molecule has 25 heavy (non-hydrogen) atoms. The molecule has 6 nitrogen and oxygen atoms in total. The molecule has 0 bridgehead atoms. The van der Waals surface area contributed by atoms with Gasteiger partial charge >= 0.3 is 0 Å². The van der Waals surface area contributed by atoms with Gasteiger partial charge in [0.25, 0.3) is 5.91 Å². The SMILES string of the molecule is Cc1cccc2nc(C(=O)NCC3CCN(Cc4ccco4)C3)cn12. The highest BCUT2D eigenvalue weighted by Gasteiger charge is 2.24. The maximum absolute atomic E-state index is 12.4. The average molecular weight is 338 g/mol. The number of nitrogens with one attached hydrogen (secondary N) is 1. The van der Waals surface area contributed by atoms with Crippen LogP contribution >= 0.6 is 0 Å². The van der Waals surface area contributed by atoms with Crippen molar-refractivity contribution in [2.45, 2.75) is 19.9 Å². The zero-order valence-corrected chi connectivity index (χ0v) is 14.3. The zero-order valence-electron chi connectivity index (χ0n) is 14.3. The lowest BCUT2D eigenvalue weighted by atomic mass is 10.1. The van der Waals surface area contributed by atoms with Crippen molar-refractivity contribution in [3.05, 3.63) is 59.9 Å². The Bertz CT molecular complexity index is 869. The van der Waals surface area contributed by atoms with E-state index in [0.29, 0.717) is 18.2 Å². The number of furan rings is 1. The van der Waals surface area contributed by atoms with Crippen molar-refractivity contribution in [3.63, 3.8) is 0 Å². The molecule has 6 heteroatoms. The van der Waals surface area contributed by atoms with E-state index in [1.165, 1.54) is 0 Å². The van der Waals surface area contributed by atoms with E-state index in [1.807, 2.05) is 41.7 Å². The van der Waals surface area contributed by atoms with Crippen LogP contribution in [-0.2, 0) is 6.54 Å². The normalized spacial score (nSPS) is 18.0. The predicted molar refractivity (Wildman–Crippen MR) is 94.4 cm³/mol. The van der Waals surface area contributed by atoms with Gasteiger partial charge in [0.15, 0.2) is 0 Å². The highest BCUT2D eigenvalue weighted by Crippen LogP contribution is 2.18. The average Bonchev–Trinajstić information content (AvgIpc) is 3.34. The summed E-state index contributed by atoms with van der Waals surface area (Å²) in [7, 11) is 0. The van der Waals surface area contributed by atoms with Crippen molar-refractivity contribution in [2.75, 3.05) is 19.6 Å². The van der Waals surface area contributed by atoms with Crippen LogP contribution in [0.1, 0.15) is 28.4 Å². The molecule has 3 aromatic heterocycles. The van der Waals surface area contributed by atoms with Gasteiger partial charge < -0.3 is 14.1 Å². The highest BCUT2D eigenvalue weighted by atomic mass is 16.3. The standard InChI is InChI=1S/C19H22N4O2/c1-14-4-2-6-18-21-17(13-23(14)18)19(24)20-10-15-7-8-22(11-15)12-16-5-3-9-25-16/h2-6,9,13,15H,7-8,10-12H2,1H3,(H,20,24). The van der Waals surface area contributed by atoms with Gasteiger partial charge in [0.1, 0.15) is 17.1 Å². The second-order valence-corrected chi connectivity index (χ2v) is 6.70. The summed E-state index contributed by atoms with van der Waals surface area (Å²) in [5.74, 6) is 1.36. The fourth-order valence-corrected chi connectivity index (χ4v) is 3.43. The fraction of sp³-hybridized carbons (Fsp3) is 0.368. The minimum absolute atomic E-state index is 0.104. The molecule has 1 aliphatic heterocycles. The van der Waals surface area contributed by atoms with E-state index in [2.05, 4.69) is 15.2 Å². The number of fused-ring (bicyclic) bond motifs is 1. The molecule has 0 aromatic carbocycles. The molecule has 4 rings (SSSR count). The van der Waals surface area contributed by atoms with Gasteiger partial charge in [-0.15, -0.1) is 0 Å². The van der Waals surface area contributed by atoms with Crippen LogP contribution in [0, 0.1) is 12.8 Å². The first kappa shape index (κ1) is 15.9. The molecule has 1 aliphatic rings. The van der Waals surface area contributed by atoms with E-state index in [1.54, 1.807) is 12.5 Å². The third-order valence-electron chi connectivity index (χ3n) is 4.81. The third kappa shape index (κ3) is 3.44. The van der Waals surface area contributed by atoms with Crippen molar-refractivity contribution in [3.8, 4) is 0 Å². The van der Waals surface area contributed by atoms with Gasteiger partial charge in [-0.05, 0) is 50.1 Å². The maximum atomic E-state index is 12.4. The summed E-state index contributed by atoms with van der Waals surface area (Å²) in [4.78, 5) is 19.2. The second-order valence-electron chi connectivity index (χ2n) is 6.70. The number of likely N-dealkylation sites (tertiary alicyclic amines) is 1. The van der Waals surface area contributed by atoms with Crippen LogP contribution in [-0.4, -0.2) is 39.8 Å². The number of carbonyl (C=O) groups is 1. The van der Waals surface area contributed by atoms with Gasteiger partial charge in [-0.2, -0.15) is 0 Å². The van der Waals surface area contributed by atoms with E-state index in [4.69, 9.17) is 4.42 Å². The lowest BCUT2D eigenvalue weighted by Gasteiger charge is -2.14. The first-order valence-corrected chi connectivity index (χ1v) is 8.67. The molecule has 0 saturated carbocycles. The summed E-state index contributed by atoms with van der Waals surface area (Å²) in [6.07, 6.45) is 4.60. The Labute approximate surface area is 146 Å². The van der Waals surface area contributed by atoms with Gasteiger partial charge in [-0.1, -0.05) is 6.07 Å². The van der Waals surface area contributed by atoms with Gasteiger partial charge in [-0.25, -0.2) is 4.98 Å². The molecule has 1 unspecified atom stereocenters. The van der Waals surface area contributed by atoms with Crippen molar-refractivity contribution in [2.24, 2.45) is 5.92 Å². The first-order valence-electron chi connectivity index (χ1n) is 8.67. The van der Waals surface area contributed by atoms with Gasteiger partial charge in [0.05, 0.1) is 12.8 Å². The topological polar surface area (TPSA) is 62.8 Å². The smallest absolute Gasteiger partial charge is 0.271 e. The van der Waals surface area contributed by atoms with Crippen LogP contribution in [0.4, 0.5) is 0 Å². The Hall–Kier alpha value is -2.60. The molecule has 1 saturated heterocycles. The van der Waals surface area contributed by atoms with Crippen LogP contribution < -0.4 is 5.32 Å². The first-order chi connectivity index (χ1) is 12.2. The fourth-order valence-electron chi connectivity index (χ4n) is 3.43. The number of rotatable bonds is 5. The molecule has 0 aliphatic carbocycles. The van der Waals surface area contributed by atoms with Gasteiger partial charge in [0, 0.05) is 25.0 Å². The number of aromatic nitrogens is 2. The summed E-state index contributed by atoms with van der Waals surface area (Å²) in [6, 6.07) is 9.78. The molecule has 4 heterocycles. The lowest BCUT2D eigenvalue weighted by molar-refractivity contribution is 0.0943. The van der Waals surface area contributed by atoms with Crippen molar-refractivity contribution in [1.29, 1.82) is 0 Å². The summed E-state index contributed by atoms with van der Waals surface area (Å²) in [5.41, 5.74) is 2.34. The minimum atomic E-state index is -0.104. The van der Waals surface area contributed by atoms with E-state index >= 15 is 0 Å². The molecular weight excluding hydrogens is 316 g/mol. The van der Waals surface area contributed by atoms with Crippen LogP contribution in [0.5, 0.6) is 0 Å². The van der Waals surface area contributed by atoms with E-state index in [-0.39, 0.29) is 5.91 Å². The summed E-state index contributed by atoms with van der Waals surface area (Å²) < 4.78 is 7.34. The molecule has 130 valence electrons. The quantitative estimate of drug-likeness (QED) is 0.776. The Morgan fingerprint density at radius 2 is 2.28 bits per heavy atom. The second kappa shape index (κ2) is 6.72. The van der Waals surface area contributed by atoms with E-state index in [9.17, 15) is 4.79 Å². The molecule has 1 amide bonds. The Morgan fingerprint density at radius 1 is 1.36 bits per heavy atom. The molecule has 1 N–H and O–H groups in total. The number of imidazole rings is 1. The number of carbonyl (C=O) groups excluding carboxylic acids is 1. The summed E-state index contributed by atoms with van der Waals surface area (Å²) in [5, 5.41) is 3.04. The van der Waals surface area contributed by atoms with Crippen LogP contribution in [0.25, 0.3) is 5.65 Å². The van der Waals surface area contributed by atoms with Crippen LogP contribution in [0.15, 0.2) is 47.2 Å². The Balaban J connectivity index is 1.32. The summed E-state index contributed by atoms with van der Waals surface area (Å²) >= 11 is 0. The predicted octanol–water partition coefficient (Wildman–Crippen LogP) is 2.49. The summed E-state index contributed by atoms with van der Waals surface area (Å²) in [6.45, 7) is 5.53. The Morgan fingerprint density at radius 3 is 3.08 bits per heavy atom. The molecular formula is C19H22N4O2. The van der Waals surface area contributed by atoms with Crippen molar-refractivity contribution < 1.29 is 9.21 Å². The maximum Gasteiger partial charge on any atom is 0.271 e. The van der Waals surface area contributed by atoms with Crippen LogP contribution in [0.3, 0.4) is 0 Å². The molecule has 0 spiro atoms. The van der Waals surface area contributed by atoms with Gasteiger partial charge in [-0.3, -0.25) is 9.69 Å². The molecule has 0 radical (unpaired) electrons. The van der Waals surface area contributed by atoms with Crippen molar-refractivity contribution >= 4 is 11.6 Å². The highest BCUT2D eigenvalue weighted by molar-refractivity contribution is 5.92. The van der Waals surface area contributed by atoms with Gasteiger partial charge in [0.2, 0.25) is 0 Å². The molecule has 1 atom stereocenters. The van der Waals surface area contributed by atoms with Crippen LogP contribution in [0.2, 0.25) is 0 Å². The zero-order chi connectivity index (χ0) is 17.2. The number of amides is 1. The third-order valence-corrected chi connectivity index (χ3v) is 4.81.